The second kappa shape index (κ2) is 30.0. The summed E-state index contributed by atoms with van der Waals surface area (Å²) >= 11 is 10.2. The molecule has 8 aromatic carbocycles. The molecule has 4 fully saturated rings. The van der Waals surface area contributed by atoms with Gasteiger partial charge in [0.25, 0.3) is 0 Å². The summed E-state index contributed by atoms with van der Waals surface area (Å²) in [6.07, 6.45) is 1.63. The van der Waals surface area contributed by atoms with Crippen LogP contribution in [0.1, 0.15) is 90.0 Å². The van der Waals surface area contributed by atoms with E-state index in [0.29, 0.717) is 28.7 Å². The smallest absolute Gasteiger partial charge is 1.00 e. The molecule has 0 spiro atoms. The topological polar surface area (TPSA) is 23.1 Å². The van der Waals surface area contributed by atoms with Crippen LogP contribution in [-0.2, 0) is 40.2 Å². The number of hydrogen-bond acceptors (Lipinski definition) is 1. The zero-order valence-electron chi connectivity index (χ0n) is 50.6. The Bertz CT molecular complexity index is 3430. The van der Waals surface area contributed by atoms with E-state index in [1.165, 1.54) is 76.6 Å². The van der Waals surface area contributed by atoms with Crippen LogP contribution in [0.5, 0.6) is 0 Å². The van der Waals surface area contributed by atoms with Crippen molar-refractivity contribution < 1.29 is 110 Å². The van der Waals surface area contributed by atoms with Crippen LogP contribution in [0.25, 0.3) is 0 Å². The van der Waals surface area contributed by atoms with Gasteiger partial charge in [0.1, 0.15) is 54.1 Å². The van der Waals surface area contributed by atoms with Crippen molar-refractivity contribution in [3.63, 3.8) is 0 Å². The molecular weight excluding hydrogens is 1350 g/mol. The van der Waals surface area contributed by atoms with E-state index < -0.39 is 115 Å². The van der Waals surface area contributed by atoms with Crippen LogP contribution < -0.4 is 33.9 Å². The van der Waals surface area contributed by atoms with Crippen molar-refractivity contribution >= 4 is 50.1 Å². The van der Waals surface area contributed by atoms with Crippen molar-refractivity contribution in [3.05, 3.63) is 251 Å². The normalized spacial score (nSPS) is 18.8. The molecule has 0 heterocycles. The summed E-state index contributed by atoms with van der Waals surface area (Å²) in [5.74, 6) is -42.3. The quantitative estimate of drug-likeness (QED) is 0.0165. The van der Waals surface area contributed by atoms with Gasteiger partial charge in [-0.05, 0) is 74.3 Å². The van der Waals surface area contributed by atoms with Crippen LogP contribution in [-0.4, -0.2) is 28.8 Å². The standard InChI is InChI=1S/C34H41ClNO.C19H3BF15.C10H15.C6H5Br.ClH.Ti/c1-33(37,34(30-14-8-9-15-30)31-19-28-18-29(21-31)22-32(34)20-28)16-17-36(25-35,23-26-10-4-2-5-11-26)24-27-12-6-3-7-13-27;1-20(2-5(21)11(27)17(33)12(28)6(2)22,3-7(23)13(29)18(34)14(30)8(3)24)4-9(25)15(31)19(35)16(32)10(4)26;1-6-7(2)9(4)10(5)8(6)3;7-6-4-2-1-3-5-6;;/h2-15,28-29,31-32H,16-25H2,1H3;1H3;1-5H3;1-5H;1H;/q3*-1;;;+4/p-1/t28?,29?,31?,32?,33-,34?;;;;;/m0...../s1. The second-order valence-electron chi connectivity index (χ2n) is 24.5. The Kier molecular flexibility index (Phi) is 24.6. The van der Waals surface area contributed by atoms with Crippen LogP contribution in [0.2, 0.25) is 6.82 Å². The molecule has 12 rings (SSSR count). The predicted octanol–water partition coefficient (Wildman–Crippen LogP) is 14.3. The van der Waals surface area contributed by atoms with Gasteiger partial charge in [0.2, 0.25) is 0 Å². The Balaban J connectivity index is 0.000000226. The molecule has 4 saturated carbocycles. The van der Waals surface area contributed by atoms with E-state index in [-0.39, 0.29) is 46.4 Å². The van der Waals surface area contributed by atoms with Gasteiger partial charge >= 0.3 is 21.7 Å². The maximum absolute atomic E-state index is 15.2. The zero-order chi connectivity index (χ0) is 65.4. The maximum atomic E-state index is 15.2. The summed E-state index contributed by atoms with van der Waals surface area (Å²) in [5.41, 5.74) is 2.05. The van der Waals surface area contributed by atoms with Gasteiger partial charge in [-0.15, -0.1) is 22.0 Å². The van der Waals surface area contributed by atoms with Crippen molar-refractivity contribution in [1.82, 2.24) is 0 Å². The Hall–Kier alpha value is -5.27. The number of rotatable bonds is 13. The molecule has 0 saturated heterocycles. The third-order valence-electron chi connectivity index (χ3n) is 19.5. The van der Waals surface area contributed by atoms with Crippen LogP contribution >= 0.6 is 27.5 Å². The van der Waals surface area contributed by atoms with Gasteiger partial charge in [0.15, 0.2) is 58.4 Å². The van der Waals surface area contributed by atoms with Crippen molar-refractivity contribution in [3.8, 4) is 0 Å². The Morgan fingerprint density at radius 2 is 0.813 bits per heavy atom. The van der Waals surface area contributed by atoms with E-state index in [9.17, 15) is 65.9 Å². The van der Waals surface area contributed by atoms with Crippen LogP contribution in [0.4, 0.5) is 65.9 Å². The van der Waals surface area contributed by atoms with Gasteiger partial charge in [-0.2, -0.15) is 52.3 Å². The summed E-state index contributed by atoms with van der Waals surface area (Å²) in [6.45, 7) is 15.3. The molecule has 1 atom stereocenters. The Morgan fingerprint density at radius 3 is 1.08 bits per heavy atom. The molecule has 0 N–H and O–H groups in total. The van der Waals surface area contributed by atoms with Crippen molar-refractivity contribution in [1.29, 1.82) is 0 Å². The van der Waals surface area contributed by atoms with Gasteiger partial charge in [-0.25, -0.2) is 78.0 Å². The van der Waals surface area contributed by atoms with Crippen LogP contribution in [0.15, 0.2) is 120 Å². The number of quaternary nitrogens is 1. The number of alkyl halides is 1. The Labute approximate surface area is 554 Å². The minimum atomic E-state index is -5.41. The fraction of sp³-hybridized carbons (Fsp3) is 0.333. The number of halogens is 18. The summed E-state index contributed by atoms with van der Waals surface area (Å²) in [7, 11) is 0. The predicted molar refractivity (Wildman–Crippen MR) is 319 cm³/mol. The van der Waals surface area contributed by atoms with Gasteiger partial charge in [-0.1, -0.05) is 153 Å². The van der Waals surface area contributed by atoms with Gasteiger partial charge in [0, 0.05) is 15.6 Å². The largest absolute Gasteiger partial charge is 4.00 e. The molecule has 484 valence electrons. The maximum Gasteiger partial charge on any atom is 4.00 e. The molecule has 22 heteroatoms. The minimum absolute atomic E-state index is 0. The molecule has 0 aromatic heterocycles. The van der Waals surface area contributed by atoms with Gasteiger partial charge in [0.05, 0.1) is 6.54 Å². The number of hydrogen-bond donors (Lipinski definition) is 0. The molecule has 0 radical (unpaired) electrons. The third-order valence-corrected chi connectivity index (χ3v) is 20.5. The van der Waals surface area contributed by atoms with Crippen LogP contribution in [0.3, 0.4) is 0 Å². The zero-order valence-corrected chi connectivity index (χ0v) is 55.2. The Morgan fingerprint density at radius 1 is 0.516 bits per heavy atom. The SMILES string of the molecule is Brc1ccccc1.C[B-](c1c(F)c(F)c(F)c(F)c1F)(c1c(F)c(F)c(F)c(F)c1F)c1c(F)c(F)c(F)c(F)c1F.C[C@]([O-])(CC[N+](CCl)(Cc1ccccc1)Cc1ccccc1)C1([c-]2cccc2)C2CC3CC(C2)CC1C3.Cc1c(C)c(C)[c-](C)c1C.[Cl-].[Ti+4]. The van der Waals surface area contributed by atoms with E-state index in [4.69, 9.17) is 11.6 Å². The minimum Gasteiger partial charge on any atom is -1.00 e. The number of nitrogens with zero attached hydrogens (tertiary/aromatic N) is 1. The first-order chi connectivity index (χ1) is 41.9. The average Bonchev–Trinajstić information content (AvgIpc) is 1.69. The van der Waals surface area contributed by atoms with E-state index in [2.05, 4.69) is 142 Å². The van der Waals surface area contributed by atoms with Crippen molar-refractivity contribution in [2.45, 2.75) is 111 Å². The van der Waals surface area contributed by atoms with E-state index in [0.717, 1.165) is 35.9 Å². The molecule has 0 amide bonds. The summed E-state index contributed by atoms with van der Waals surface area (Å²) in [6, 6.07) is 40.7. The van der Waals surface area contributed by atoms with E-state index in [1.807, 2.05) is 30.3 Å². The first-order valence-electron chi connectivity index (χ1n) is 29.0. The van der Waals surface area contributed by atoms with Gasteiger partial charge < -0.3 is 22.0 Å². The molecule has 4 aliphatic rings. The summed E-state index contributed by atoms with van der Waals surface area (Å²) in [5, 5.41) is 15.2. The van der Waals surface area contributed by atoms with E-state index >= 15 is 5.11 Å². The molecule has 8 aromatic rings. The number of benzene rings is 6. The third kappa shape index (κ3) is 14.1. The molecule has 0 unspecified atom stereocenters. The molecule has 2 nitrogen and oxygen atoms in total. The average molecular weight is 1420 g/mol. The van der Waals surface area contributed by atoms with Crippen LogP contribution in [0, 0.1) is 146 Å². The summed E-state index contributed by atoms with van der Waals surface area (Å²) in [4.78, 5) is 0. The molecule has 4 aliphatic carbocycles. The summed E-state index contributed by atoms with van der Waals surface area (Å²) < 4.78 is 213. The first-order valence-corrected chi connectivity index (χ1v) is 30.3. The first kappa shape index (κ1) is 74.8. The monoisotopic (exact) mass is 1420 g/mol. The second-order valence-corrected chi connectivity index (χ2v) is 25.6. The fourth-order valence-corrected chi connectivity index (χ4v) is 15.4. The van der Waals surface area contributed by atoms with Crippen molar-refractivity contribution in [2.24, 2.45) is 23.7 Å². The molecule has 91 heavy (non-hydrogen) atoms. The molecule has 0 aliphatic heterocycles. The van der Waals surface area contributed by atoms with E-state index in [1.54, 1.807) is 0 Å². The van der Waals surface area contributed by atoms with Gasteiger partial charge in [-0.3, -0.25) is 0 Å². The fourth-order valence-electron chi connectivity index (χ4n) is 14.8. The van der Waals surface area contributed by atoms with Crippen molar-refractivity contribution in [2.75, 3.05) is 12.5 Å². The molecule has 4 bridgehead atoms. The molecular formula is C69H64BBrCl2F15NOTi.